The minimum Gasteiger partial charge on any atom is -0.491 e. The van der Waals surface area contributed by atoms with E-state index in [2.05, 4.69) is 10.3 Å². The largest absolute Gasteiger partial charge is 0.491 e. The summed E-state index contributed by atoms with van der Waals surface area (Å²) in [7, 11) is 0. The molecule has 0 radical (unpaired) electrons. The number of hydrogen-bond donors (Lipinski definition) is 2. The molecule has 180 valence electrons. The van der Waals surface area contributed by atoms with Crippen molar-refractivity contribution in [1.29, 1.82) is 0 Å². The van der Waals surface area contributed by atoms with Crippen LogP contribution in [-0.2, 0) is 5.54 Å². The van der Waals surface area contributed by atoms with Crippen LogP contribution in [0.2, 0.25) is 5.02 Å². The van der Waals surface area contributed by atoms with Crippen molar-refractivity contribution in [2.45, 2.75) is 12.0 Å². The number of pyridine rings is 1. The topological polar surface area (TPSA) is 94.3 Å². The number of amides is 2. The van der Waals surface area contributed by atoms with Crippen molar-refractivity contribution in [3.05, 3.63) is 118 Å². The molecule has 36 heavy (non-hydrogen) atoms. The smallest absolute Gasteiger partial charge is 0.252 e. The van der Waals surface area contributed by atoms with E-state index in [1.54, 1.807) is 30.5 Å². The fraction of sp³-hybridized carbons (Fsp3) is 0.107. The molecule has 1 aliphatic rings. The van der Waals surface area contributed by atoms with Gasteiger partial charge < -0.3 is 15.8 Å². The summed E-state index contributed by atoms with van der Waals surface area (Å²) in [5.41, 5.74) is 8.04. The van der Waals surface area contributed by atoms with Crippen LogP contribution in [0.15, 0.2) is 85.1 Å². The Morgan fingerprint density at radius 3 is 2.44 bits per heavy atom. The minimum absolute atomic E-state index is 0.240. The molecule has 0 unspecified atom stereocenters. The number of primary amides is 1. The molecule has 0 bridgehead atoms. The average Bonchev–Trinajstić information content (AvgIpc) is 2.89. The molecule has 0 saturated heterocycles. The van der Waals surface area contributed by atoms with Crippen LogP contribution >= 0.6 is 11.6 Å². The van der Waals surface area contributed by atoms with Crippen molar-refractivity contribution in [2.24, 2.45) is 5.73 Å². The molecular weight excluding hydrogens is 481 g/mol. The fourth-order valence-electron chi connectivity index (χ4n) is 4.44. The zero-order valence-corrected chi connectivity index (χ0v) is 19.8. The number of nitrogens with one attached hydrogen (secondary N) is 1. The molecule has 2 amide bonds. The molecule has 6 nitrogen and oxygen atoms in total. The first-order chi connectivity index (χ1) is 17.4. The van der Waals surface area contributed by atoms with Gasteiger partial charge in [-0.05, 0) is 65.2 Å². The first kappa shape index (κ1) is 23.5. The van der Waals surface area contributed by atoms with Crippen molar-refractivity contribution in [3.8, 4) is 16.9 Å². The maximum Gasteiger partial charge on any atom is 0.252 e. The maximum absolute atomic E-state index is 13.4. The van der Waals surface area contributed by atoms with Gasteiger partial charge in [0.2, 0.25) is 5.91 Å². The van der Waals surface area contributed by atoms with Gasteiger partial charge >= 0.3 is 0 Å². The van der Waals surface area contributed by atoms with Gasteiger partial charge in [-0.25, -0.2) is 4.39 Å². The van der Waals surface area contributed by atoms with Crippen molar-refractivity contribution < 1.29 is 18.7 Å². The second-order valence-electron chi connectivity index (χ2n) is 8.45. The van der Waals surface area contributed by atoms with Crippen LogP contribution in [0.1, 0.15) is 38.4 Å². The van der Waals surface area contributed by atoms with Gasteiger partial charge in [0.05, 0.1) is 17.2 Å². The predicted molar refractivity (Wildman–Crippen MR) is 134 cm³/mol. The second-order valence-corrected chi connectivity index (χ2v) is 8.86. The summed E-state index contributed by atoms with van der Waals surface area (Å²) >= 11 is 6.10. The molecule has 1 aliphatic heterocycles. The number of aromatic nitrogens is 1. The summed E-state index contributed by atoms with van der Waals surface area (Å²) in [6.45, 7) is 0.364. The molecule has 4 aromatic rings. The number of carbonyl (C=O) groups is 2. The Labute approximate surface area is 211 Å². The van der Waals surface area contributed by atoms with Crippen molar-refractivity contribution in [3.63, 3.8) is 0 Å². The van der Waals surface area contributed by atoms with Crippen molar-refractivity contribution >= 4 is 23.4 Å². The molecule has 0 saturated carbocycles. The molecular formula is C28H21ClFN3O3. The van der Waals surface area contributed by atoms with E-state index in [1.807, 2.05) is 30.3 Å². The highest BCUT2D eigenvalue weighted by molar-refractivity contribution is 6.33. The number of ether oxygens (including phenoxy) is 1. The molecule has 5 rings (SSSR count). The van der Waals surface area contributed by atoms with Gasteiger partial charge in [0.1, 0.15) is 22.8 Å². The number of benzene rings is 3. The predicted octanol–water partition coefficient (Wildman–Crippen LogP) is 5.10. The molecule has 0 fully saturated rings. The number of hydrogen-bond acceptors (Lipinski definition) is 4. The van der Waals surface area contributed by atoms with Gasteiger partial charge in [-0.3, -0.25) is 14.6 Å². The third-order valence-electron chi connectivity index (χ3n) is 6.29. The Hall–Kier alpha value is -4.23. The Balaban J connectivity index is 1.57. The molecule has 8 heteroatoms. The molecule has 1 aromatic heterocycles. The van der Waals surface area contributed by atoms with E-state index in [-0.39, 0.29) is 16.5 Å². The number of rotatable bonds is 5. The van der Waals surface area contributed by atoms with Crippen LogP contribution in [0.4, 0.5) is 4.39 Å². The average molecular weight is 502 g/mol. The molecule has 3 N–H and O–H groups in total. The summed E-state index contributed by atoms with van der Waals surface area (Å²) in [6.07, 6.45) is 2.09. The Morgan fingerprint density at radius 1 is 1.00 bits per heavy atom. The summed E-state index contributed by atoms with van der Waals surface area (Å²) in [5, 5.41) is 3.44. The highest BCUT2D eigenvalue weighted by Gasteiger charge is 2.42. The van der Waals surface area contributed by atoms with E-state index in [9.17, 15) is 14.0 Å². The number of halogens is 2. The van der Waals surface area contributed by atoms with E-state index in [1.165, 1.54) is 24.3 Å². The van der Waals surface area contributed by atoms with Crippen LogP contribution in [-0.4, -0.2) is 23.4 Å². The van der Waals surface area contributed by atoms with Crippen molar-refractivity contribution in [1.82, 2.24) is 10.3 Å². The third kappa shape index (κ3) is 4.29. The number of nitrogens with two attached hydrogens (primary N) is 1. The quantitative estimate of drug-likeness (QED) is 0.398. The second kappa shape index (κ2) is 9.43. The molecule has 1 atom stereocenters. The first-order valence-corrected chi connectivity index (χ1v) is 11.6. The maximum atomic E-state index is 13.4. The first-order valence-electron chi connectivity index (χ1n) is 11.2. The lowest BCUT2D eigenvalue weighted by Crippen LogP contribution is -2.50. The molecule has 3 aromatic carbocycles. The van der Waals surface area contributed by atoms with Gasteiger partial charge in [0.25, 0.3) is 5.91 Å². The number of nitrogens with zero attached hydrogens (tertiary/aromatic N) is 1. The van der Waals surface area contributed by atoms with Crippen LogP contribution < -0.4 is 15.8 Å². The van der Waals surface area contributed by atoms with Gasteiger partial charge in [0, 0.05) is 18.2 Å². The van der Waals surface area contributed by atoms with Gasteiger partial charge in [-0.2, -0.15) is 0 Å². The van der Waals surface area contributed by atoms with E-state index in [4.69, 9.17) is 22.1 Å². The minimum atomic E-state index is -0.975. The van der Waals surface area contributed by atoms with Crippen LogP contribution in [0.5, 0.6) is 5.75 Å². The van der Waals surface area contributed by atoms with E-state index >= 15 is 0 Å². The summed E-state index contributed by atoms with van der Waals surface area (Å²) in [6, 6.07) is 21.7. The van der Waals surface area contributed by atoms with Gasteiger partial charge in [-0.1, -0.05) is 41.9 Å². The van der Waals surface area contributed by atoms with Crippen molar-refractivity contribution in [2.75, 3.05) is 6.61 Å². The zero-order valence-electron chi connectivity index (χ0n) is 19.0. The highest BCUT2D eigenvalue weighted by Crippen LogP contribution is 2.41. The fourth-order valence-corrected chi connectivity index (χ4v) is 4.65. The van der Waals surface area contributed by atoms with Gasteiger partial charge in [-0.15, -0.1) is 0 Å². The SMILES string of the molecule is NC(=O)c1cc(-c2ccc([C@@]3(NC(=O)c4ccc(F)cc4)CCOc4cccnc43)cc2)ccc1Cl. The molecule has 0 spiro atoms. The molecule has 0 aliphatic carbocycles. The third-order valence-corrected chi connectivity index (χ3v) is 6.62. The van der Waals surface area contributed by atoms with E-state index in [0.717, 1.165) is 16.7 Å². The Bertz CT molecular complexity index is 1460. The van der Waals surface area contributed by atoms with E-state index < -0.39 is 17.3 Å². The lowest BCUT2D eigenvalue weighted by molar-refractivity contribution is 0.0883. The highest BCUT2D eigenvalue weighted by atomic mass is 35.5. The zero-order chi connectivity index (χ0) is 25.3. The van der Waals surface area contributed by atoms with Crippen LogP contribution in [0, 0.1) is 5.82 Å². The number of fused-ring (bicyclic) bond motifs is 1. The lowest BCUT2D eigenvalue weighted by atomic mass is 9.80. The summed E-state index contributed by atoms with van der Waals surface area (Å²) in [4.78, 5) is 29.6. The summed E-state index contributed by atoms with van der Waals surface area (Å²) in [5.74, 6) is -0.806. The van der Waals surface area contributed by atoms with Gasteiger partial charge in [0.15, 0.2) is 0 Å². The number of carbonyl (C=O) groups excluding carboxylic acids is 2. The van der Waals surface area contributed by atoms with Crippen LogP contribution in [0.25, 0.3) is 11.1 Å². The molecule has 2 heterocycles. The van der Waals surface area contributed by atoms with E-state index in [0.29, 0.717) is 30.0 Å². The standard InChI is InChI=1S/C28H21ClFN3O3/c29-23-12-7-19(16-22(23)26(31)34)17-3-8-20(9-4-17)28(13-15-36-24-2-1-14-32-25(24)28)33-27(35)18-5-10-21(30)11-6-18/h1-12,14,16H,13,15H2,(H2,31,34)(H,33,35)/t28-/m0/s1. The monoisotopic (exact) mass is 501 g/mol. The van der Waals surface area contributed by atoms with Crippen LogP contribution in [0.3, 0.4) is 0 Å². The summed E-state index contributed by atoms with van der Waals surface area (Å²) < 4.78 is 19.2. The Kier molecular flexibility index (Phi) is 6.16. The lowest BCUT2D eigenvalue weighted by Gasteiger charge is -2.39. The normalized spacial score (nSPS) is 16.5. The Morgan fingerprint density at radius 2 is 1.72 bits per heavy atom.